The summed E-state index contributed by atoms with van der Waals surface area (Å²) in [5, 5.41) is 7.33. The molecule has 27 heavy (non-hydrogen) atoms. The number of hydrogen-bond acceptors (Lipinski definition) is 4. The van der Waals surface area contributed by atoms with Gasteiger partial charge in [0.25, 0.3) is 0 Å². The molecular weight excluding hydrogens is 477 g/mol. The van der Waals surface area contributed by atoms with E-state index in [2.05, 4.69) is 17.6 Å². The van der Waals surface area contributed by atoms with Gasteiger partial charge in [0.15, 0.2) is 15.8 Å². The van der Waals surface area contributed by atoms with Gasteiger partial charge in [-0.05, 0) is 63.2 Å². The standard InChI is InChI=1S/C19H33N3O3S.HI/c1-13-8-17(4-6-25-13)21-19(20-11-15-5-7-26(23,24)12-15)22-18-10-14-2-3-16(18)9-14;/h13-18H,2-12H2,1H3,(H2,20,21,22);1H. The van der Waals surface area contributed by atoms with Crippen LogP contribution in [0.15, 0.2) is 4.99 Å². The molecule has 2 aliphatic heterocycles. The van der Waals surface area contributed by atoms with Crippen molar-refractivity contribution in [3.8, 4) is 0 Å². The Labute approximate surface area is 180 Å². The molecule has 2 saturated heterocycles. The van der Waals surface area contributed by atoms with E-state index in [-0.39, 0.29) is 36.0 Å². The summed E-state index contributed by atoms with van der Waals surface area (Å²) in [7, 11) is -2.83. The number of nitrogens with zero attached hydrogens (tertiary/aromatic N) is 1. The second-order valence-electron chi connectivity index (χ2n) is 8.93. The molecule has 156 valence electrons. The Kier molecular flexibility index (Phi) is 7.33. The Morgan fingerprint density at radius 3 is 2.59 bits per heavy atom. The molecule has 6 atom stereocenters. The van der Waals surface area contributed by atoms with Gasteiger partial charge in [-0.1, -0.05) is 6.42 Å². The van der Waals surface area contributed by atoms with Crippen LogP contribution >= 0.6 is 24.0 Å². The summed E-state index contributed by atoms with van der Waals surface area (Å²) in [4.78, 5) is 4.83. The summed E-state index contributed by atoms with van der Waals surface area (Å²) in [6.45, 7) is 3.52. The van der Waals surface area contributed by atoms with Crippen LogP contribution in [-0.2, 0) is 14.6 Å². The molecule has 8 heteroatoms. The minimum Gasteiger partial charge on any atom is -0.378 e. The number of aliphatic imine (C=N–C) groups is 1. The van der Waals surface area contributed by atoms with Crippen LogP contribution in [0.4, 0.5) is 0 Å². The number of guanidine groups is 1. The predicted molar refractivity (Wildman–Crippen MR) is 118 cm³/mol. The Morgan fingerprint density at radius 2 is 1.96 bits per heavy atom. The number of hydrogen-bond donors (Lipinski definition) is 2. The van der Waals surface area contributed by atoms with Crippen molar-refractivity contribution in [2.24, 2.45) is 22.7 Å². The van der Waals surface area contributed by atoms with Crippen LogP contribution in [0.25, 0.3) is 0 Å². The highest BCUT2D eigenvalue weighted by atomic mass is 127. The van der Waals surface area contributed by atoms with Gasteiger partial charge in [0.05, 0.1) is 17.6 Å². The summed E-state index contributed by atoms with van der Waals surface area (Å²) >= 11 is 0. The number of sulfone groups is 1. The summed E-state index contributed by atoms with van der Waals surface area (Å²) in [5.74, 6) is 3.37. The Morgan fingerprint density at radius 1 is 1.11 bits per heavy atom. The van der Waals surface area contributed by atoms with Gasteiger partial charge in [-0.25, -0.2) is 8.42 Å². The lowest BCUT2D eigenvalue weighted by Crippen LogP contribution is -2.51. The normalized spacial score (nSPS) is 40.6. The second kappa shape index (κ2) is 9.15. The summed E-state index contributed by atoms with van der Waals surface area (Å²) in [5.41, 5.74) is 0. The molecular formula is C19H34IN3O3S. The molecule has 0 aromatic rings. The van der Waals surface area contributed by atoms with Crippen molar-refractivity contribution < 1.29 is 13.2 Å². The van der Waals surface area contributed by atoms with E-state index in [1.165, 1.54) is 25.7 Å². The molecule has 4 fully saturated rings. The molecule has 0 aromatic carbocycles. The fourth-order valence-corrected chi connectivity index (χ4v) is 7.14. The fourth-order valence-electron chi connectivity index (χ4n) is 5.29. The van der Waals surface area contributed by atoms with Gasteiger partial charge in [0, 0.05) is 25.2 Å². The van der Waals surface area contributed by atoms with Crippen molar-refractivity contribution in [1.82, 2.24) is 10.6 Å². The highest BCUT2D eigenvalue weighted by Crippen LogP contribution is 2.44. The molecule has 4 aliphatic rings. The number of fused-ring (bicyclic) bond motifs is 2. The number of rotatable bonds is 4. The Balaban J connectivity index is 0.00000210. The highest BCUT2D eigenvalue weighted by molar-refractivity contribution is 14.0. The molecule has 0 radical (unpaired) electrons. The van der Waals surface area contributed by atoms with E-state index in [4.69, 9.17) is 9.73 Å². The third kappa shape index (κ3) is 5.72. The van der Waals surface area contributed by atoms with E-state index in [9.17, 15) is 8.42 Å². The second-order valence-corrected chi connectivity index (χ2v) is 11.2. The first kappa shape index (κ1) is 21.6. The van der Waals surface area contributed by atoms with Gasteiger partial charge in [0.1, 0.15) is 0 Å². The molecule has 2 N–H and O–H groups in total. The molecule has 6 unspecified atom stereocenters. The topological polar surface area (TPSA) is 79.8 Å². The molecule has 4 rings (SSSR count). The van der Waals surface area contributed by atoms with Gasteiger partial charge >= 0.3 is 0 Å². The molecule has 2 saturated carbocycles. The maximum absolute atomic E-state index is 11.7. The molecule has 0 spiro atoms. The highest BCUT2D eigenvalue weighted by Gasteiger charge is 2.40. The molecule has 6 nitrogen and oxygen atoms in total. The first-order valence-corrected chi connectivity index (χ1v) is 12.2. The Hall–Kier alpha value is -0.0900. The molecule has 2 heterocycles. The van der Waals surface area contributed by atoms with Gasteiger partial charge < -0.3 is 15.4 Å². The van der Waals surface area contributed by atoms with Crippen LogP contribution in [0.2, 0.25) is 0 Å². The average molecular weight is 511 g/mol. The van der Waals surface area contributed by atoms with Gasteiger partial charge in [-0.2, -0.15) is 0 Å². The lowest BCUT2D eigenvalue weighted by atomic mass is 9.95. The zero-order valence-corrected chi connectivity index (χ0v) is 19.4. The zero-order chi connectivity index (χ0) is 18.1. The van der Waals surface area contributed by atoms with Crippen molar-refractivity contribution in [3.63, 3.8) is 0 Å². The lowest BCUT2D eigenvalue weighted by molar-refractivity contribution is 0.0164. The predicted octanol–water partition coefficient (Wildman–Crippen LogP) is 2.33. The van der Waals surface area contributed by atoms with Crippen LogP contribution in [0.3, 0.4) is 0 Å². The van der Waals surface area contributed by atoms with Crippen molar-refractivity contribution in [2.75, 3.05) is 24.7 Å². The van der Waals surface area contributed by atoms with Gasteiger partial charge in [0.2, 0.25) is 0 Å². The summed E-state index contributed by atoms with van der Waals surface area (Å²) in [6.07, 6.45) is 8.37. The number of ether oxygens (including phenoxy) is 1. The van der Waals surface area contributed by atoms with Crippen LogP contribution in [0, 0.1) is 17.8 Å². The van der Waals surface area contributed by atoms with Crippen molar-refractivity contribution in [1.29, 1.82) is 0 Å². The molecule has 0 amide bonds. The monoisotopic (exact) mass is 511 g/mol. The largest absolute Gasteiger partial charge is 0.378 e. The van der Waals surface area contributed by atoms with E-state index < -0.39 is 9.84 Å². The van der Waals surface area contributed by atoms with E-state index in [1.807, 2.05) is 0 Å². The van der Waals surface area contributed by atoms with Gasteiger partial charge in [-0.15, -0.1) is 24.0 Å². The smallest absolute Gasteiger partial charge is 0.191 e. The zero-order valence-electron chi connectivity index (χ0n) is 16.2. The first-order chi connectivity index (χ1) is 12.5. The maximum Gasteiger partial charge on any atom is 0.191 e. The van der Waals surface area contributed by atoms with Crippen LogP contribution in [0.1, 0.15) is 51.9 Å². The van der Waals surface area contributed by atoms with Gasteiger partial charge in [-0.3, -0.25) is 4.99 Å². The van der Waals surface area contributed by atoms with Crippen LogP contribution in [-0.4, -0.2) is 57.2 Å². The SMILES string of the molecule is CC1CC(NC(=NCC2CCS(=O)(=O)C2)NC2CC3CCC2C3)CCO1.I. The Bertz CT molecular complexity index is 642. The first-order valence-electron chi connectivity index (χ1n) is 10.4. The van der Waals surface area contributed by atoms with E-state index >= 15 is 0 Å². The third-order valence-corrected chi connectivity index (χ3v) is 8.56. The van der Waals surface area contributed by atoms with Crippen molar-refractivity contribution in [2.45, 2.75) is 70.1 Å². The average Bonchev–Trinajstić information content (AvgIpc) is 3.28. The minimum absolute atomic E-state index is 0. The fraction of sp³-hybridized carbons (Fsp3) is 0.947. The molecule has 2 aliphatic carbocycles. The lowest BCUT2D eigenvalue weighted by Gasteiger charge is -2.31. The quantitative estimate of drug-likeness (QED) is 0.344. The number of nitrogens with one attached hydrogen (secondary N) is 2. The number of halogens is 1. The van der Waals surface area contributed by atoms with Crippen molar-refractivity contribution in [3.05, 3.63) is 0 Å². The van der Waals surface area contributed by atoms with Crippen molar-refractivity contribution >= 4 is 39.8 Å². The minimum atomic E-state index is -2.83. The summed E-state index contributed by atoms with van der Waals surface area (Å²) in [6, 6.07) is 0.917. The molecule has 2 bridgehead atoms. The third-order valence-electron chi connectivity index (χ3n) is 6.72. The molecule has 0 aromatic heterocycles. The summed E-state index contributed by atoms with van der Waals surface area (Å²) < 4.78 is 29.1. The maximum atomic E-state index is 11.7. The van der Waals surface area contributed by atoms with E-state index in [1.54, 1.807) is 0 Å². The van der Waals surface area contributed by atoms with E-state index in [0.717, 1.165) is 43.7 Å². The van der Waals surface area contributed by atoms with Crippen LogP contribution in [0.5, 0.6) is 0 Å². The van der Waals surface area contributed by atoms with Crippen LogP contribution < -0.4 is 10.6 Å². The van der Waals surface area contributed by atoms with E-state index in [0.29, 0.717) is 30.1 Å².